The van der Waals surface area contributed by atoms with Crippen LogP contribution in [0.15, 0.2) is 52.1 Å². The van der Waals surface area contributed by atoms with E-state index in [1.165, 1.54) is 23.1 Å². The van der Waals surface area contributed by atoms with Crippen LogP contribution in [0.4, 0.5) is 4.39 Å². The molecular formula is C20H20FN3O3. The molecule has 3 aromatic rings. The standard InChI is InChI=1S/C20H20FN3O3/c1-4-24-19(26)16-10-7-14(11-17(16)22-20(24)27)18(25)23(3)12(2)13-5-8-15(21)9-6-13/h5-12H,4H2,1-3H3,(H,22,27). The maximum absolute atomic E-state index is 13.1. The molecule has 1 atom stereocenters. The van der Waals surface area contributed by atoms with Crippen molar-refractivity contribution >= 4 is 16.8 Å². The Bertz CT molecular complexity index is 1120. The van der Waals surface area contributed by atoms with Gasteiger partial charge in [-0.15, -0.1) is 0 Å². The van der Waals surface area contributed by atoms with Gasteiger partial charge in [0.1, 0.15) is 5.82 Å². The van der Waals surface area contributed by atoms with Crippen LogP contribution in [0.5, 0.6) is 0 Å². The van der Waals surface area contributed by atoms with Gasteiger partial charge in [-0.1, -0.05) is 12.1 Å². The number of halogens is 1. The number of aromatic amines is 1. The summed E-state index contributed by atoms with van der Waals surface area (Å²) in [6.45, 7) is 3.82. The van der Waals surface area contributed by atoms with Crippen LogP contribution in [0.1, 0.15) is 35.8 Å². The second kappa shape index (κ2) is 7.19. The number of nitrogens with one attached hydrogen (secondary N) is 1. The van der Waals surface area contributed by atoms with Crippen LogP contribution in [0.3, 0.4) is 0 Å². The number of benzene rings is 2. The van der Waals surface area contributed by atoms with Crippen molar-refractivity contribution in [3.05, 3.63) is 80.2 Å². The molecule has 0 spiro atoms. The van der Waals surface area contributed by atoms with E-state index in [9.17, 15) is 18.8 Å². The molecule has 0 radical (unpaired) electrons. The van der Waals surface area contributed by atoms with Crippen molar-refractivity contribution in [2.75, 3.05) is 7.05 Å². The predicted molar refractivity (Wildman–Crippen MR) is 101 cm³/mol. The molecule has 0 fully saturated rings. The summed E-state index contributed by atoms with van der Waals surface area (Å²) in [7, 11) is 1.65. The van der Waals surface area contributed by atoms with Gasteiger partial charge in [-0.25, -0.2) is 9.18 Å². The van der Waals surface area contributed by atoms with Crippen LogP contribution in [0.25, 0.3) is 10.9 Å². The zero-order valence-electron chi connectivity index (χ0n) is 15.3. The molecule has 0 aliphatic carbocycles. The van der Waals surface area contributed by atoms with Crippen LogP contribution in [-0.2, 0) is 6.54 Å². The molecule has 0 saturated carbocycles. The lowest BCUT2D eigenvalue weighted by molar-refractivity contribution is 0.0743. The Morgan fingerprint density at radius 1 is 1.19 bits per heavy atom. The largest absolute Gasteiger partial charge is 0.335 e. The maximum atomic E-state index is 13.1. The number of hydrogen-bond acceptors (Lipinski definition) is 3. The fourth-order valence-electron chi connectivity index (χ4n) is 3.02. The number of aromatic nitrogens is 2. The fraction of sp³-hybridized carbons (Fsp3) is 0.250. The van der Waals surface area contributed by atoms with Gasteiger partial charge in [-0.05, 0) is 49.7 Å². The highest BCUT2D eigenvalue weighted by Crippen LogP contribution is 2.21. The van der Waals surface area contributed by atoms with Gasteiger partial charge in [0.05, 0.1) is 16.9 Å². The first kappa shape index (κ1) is 18.6. The first-order chi connectivity index (χ1) is 12.8. The lowest BCUT2D eigenvalue weighted by Gasteiger charge is -2.25. The van der Waals surface area contributed by atoms with Gasteiger partial charge in [-0.2, -0.15) is 0 Å². The Kier molecular flexibility index (Phi) is 4.94. The number of carbonyl (C=O) groups excluding carboxylic acids is 1. The summed E-state index contributed by atoms with van der Waals surface area (Å²) in [5.41, 5.74) is 0.579. The van der Waals surface area contributed by atoms with Crippen molar-refractivity contribution in [1.82, 2.24) is 14.5 Å². The minimum atomic E-state index is -0.507. The third-order valence-corrected chi connectivity index (χ3v) is 4.80. The van der Waals surface area contributed by atoms with E-state index in [4.69, 9.17) is 0 Å². The molecular weight excluding hydrogens is 349 g/mol. The van der Waals surface area contributed by atoms with Gasteiger partial charge in [0.15, 0.2) is 0 Å². The molecule has 1 aromatic heterocycles. The van der Waals surface area contributed by atoms with Crippen LogP contribution in [0, 0.1) is 5.82 Å². The smallest absolute Gasteiger partial charge is 0.328 e. The van der Waals surface area contributed by atoms with Crippen LogP contribution < -0.4 is 11.2 Å². The average molecular weight is 369 g/mol. The Balaban J connectivity index is 1.96. The zero-order valence-corrected chi connectivity index (χ0v) is 15.3. The Hall–Kier alpha value is -3.22. The summed E-state index contributed by atoms with van der Waals surface area (Å²) in [5, 5.41) is 0.349. The highest BCUT2D eigenvalue weighted by molar-refractivity contribution is 5.97. The van der Waals surface area contributed by atoms with Crippen molar-refractivity contribution in [2.24, 2.45) is 0 Å². The lowest BCUT2D eigenvalue weighted by Crippen LogP contribution is -2.34. The summed E-state index contributed by atoms with van der Waals surface area (Å²) in [6.07, 6.45) is 0. The van der Waals surface area contributed by atoms with Crippen molar-refractivity contribution in [2.45, 2.75) is 26.4 Å². The van der Waals surface area contributed by atoms with E-state index >= 15 is 0 Å². The highest BCUT2D eigenvalue weighted by atomic mass is 19.1. The first-order valence-corrected chi connectivity index (χ1v) is 8.63. The van der Waals surface area contributed by atoms with Crippen molar-refractivity contribution in [1.29, 1.82) is 0 Å². The van der Waals surface area contributed by atoms with E-state index < -0.39 is 5.69 Å². The summed E-state index contributed by atoms with van der Waals surface area (Å²) < 4.78 is 14.2. The number of fused-ring (bicyclic) bond motifs is 1. The van der Waals surface area contributed by atoms with E-state index in [0.29, 0.717) is 16.5 Å². The monoisotopic (exact) mass is 369 g/mol. The Morgan fingerprint density at radius 3 is 2.48 bits per heavy atom. The van der Waals surface area contributed by atoms with Gasteiger partial charge in [0, 0.05) is 19.2 Å². The molecule has 1 heterocycles. The van der Waals surface area contributed by atoms with Crippen LogP contribution in [0.2, 0.25) is 0 Å². The molecule has 3 rings (SSSR count). The summed E-state index contributed by atoms with van der Waals surface area (Å²) >= 11 is 0. The molecule has 1 N–H and O–H groups in total. The number of carbonyl (C=O) groups is 1. The Labute approximate surface area is 154 Å². The molecule has 0 aliphatic rings. The van der Waals surface area contributed by atoms with E-state index in [2.05, 4.69) is 4.98 Å². The normalized spacial score (nSPS) is 12.1. The van der Waals surface area contributed by atoms with E-state index in [0.717, 1.165) is 10.1 Å². The highest BCUT2D eigenvalue weighted by Gasteiger charge is 2.20. The number of H-pyrrole nitrogens is 1. The first-order valence-electron chi connectivity index (χ1n) is 8.63. The van der Waals surface area contributed by atoms with Crippen molar-refractivity contribution in [3.8, 4) is 0 Å². The predicted octanol–water partition coefficient (Wildman–Crippen LogP) is 2.68. The Morgan fingerprint density at radius 2 is 1.85 bits per heavy atom. The molecule has 1 unspecified atom stereocenters. The van der Waals surface area contributed by atoms with Gasteiger partial charge in [-0.3, -0.25) is 14.2 Å². The molecule has 2 aromatic carbocycles. The minimum Gasteiger partial charge on any atom is -0.335 e. The number of nitrogens with zero attached hydrogens (tertiary/aromatic N) is 2. The van der Waals surface area contributed by atoms with Crippen molar-refractivity contribution < 1.29 is 9.18 Å². The van der Waals surface area contributed by atoms with Gasteiger partial charge in [0.25, 0.3) is 11.5 Å². The topological polar surface area (TPSA) is 75.2 Å². The molecule has 7 heteroatoms. The van der Waals surface area contributed by atoms with E-state index in [-0.39, 0.29) is 29.9 Å². The fourth-order valence-corrected chi connectivity index (χ4v) is 3.02. The molecule has 1 amide bonds. The number of amides is 1. The molecule has 0 bridgehead atoms. The van der Waals surface area contributed by atoms with Gasteiger partial charge >= 0.3 is 5.69 Å². The van der Waals surface area contributed by atoms with Crippen LogP contribution >= 0.6 is 0 Å². The minimum absolute atomic E-state index is 0.267. The molecule has 0 aliphatic heterocycles. The number of rotatable bonds is 4. The third kappa shape index (κ3) is 3.40. The summed E-state index contributed by atoms with van der Waals surface area (Å²) in [6, 6.07) is 10.3. The quantitative estimate of drug-likeness (QED) is 0.768. The molecule has 0 saturated heterocycles. The average Bonchev–Trinajstić information content (AvgIpc) is 2.66. The van der Waals surface area contributed by atoms with Crippen molar-refractivity contribution in [3.63, 3.8) is 0 Å². The second-order valence-corrected chi connectivity index (χ2v) is 6.38. The summed E-state index contributed by atoms with van der Waals surface area (Å²) in [4.78, 5) is 41.3. The second-order valence-electron chi connectivity index (χ2n) is 6.38. The molecule has 140 valence electrons. The van der Waals surface area contributed by atoms with E-state index in [1.54, 1.807) is 38.2 Å². The molecule has 27 heavy (non-hydrogen) atoms. The SMILES string of the molecule is CCn1c(=O)[nH]c2cc(C(=O)N(C)C(C)c3ccc(F)cc3)ccc2c1=O. The van der Waals surface area contributed by atoms with Crippen LogP contribution in [-0.4, -0.2) is 27.4 Å². The summed E-state index contributed by atoms with van der Waals surface area (Å²) in [5.74, 6) is -0.606. The lowest BCUT2D eigenvalue weighted by atomic mass is 10.1. The zero-order chi connectivity index (χ0) is 19.7. The molecule has 6 nitrogen and oxygen atoms in total. The number of hydrogen-bond donors (Lipinski definition) is 1. The van der Waals surface area contributed by atoms with Gasteiger partial charge in [0.2, 0.25) is 0 Å². The third-order valence-electron chi connectivity index (χ3n) is 4.80. The maximum Gasteiger partial charge on any atom is 0.328 e. The van der Waals surface area contributed by atoms with Gasteiger partial charge < -0.3 is 9.88 Å². The van der Waals surface area contributed by atoms with E-state index in [1.807, 2.05) is 6.92 Å².